The molecule has 0 saturated carbocycles. The van der Waals surface area contributed by atoms with Gasteiger partial charge in [0.2, 0.25) is 0 Å². The molecule has 0 spiro atoms. The highest BCUT2D eigenvalue weighted by Crippen LogP contribution is 2.48. The Morgan fingerprint density at radius 3 is 1.71 bits per heavy atom. The summed E-state index contributed by atoms with van der Waals surface area (Å²) in [5.74, 6) is 0.122. The van der Waals surface area contributed by atoms with Gasteiger partial charge in [-0.05, 0) is 51.1 Å². The van der Waals surface area contributed by atoms with Gasteiger partial charge in [-0.15, -0.1) is 0 Å². The van der Waals surface area contributed by atoms with Gasteiger partial charge in [0.15, 0.2) is 5.78 Å². The maximum Gasteiger partial charge on any atom is 0.194 e. The third kappa shape index (κ3) is 1.78. The van der Waals surface area contributed by atoms with E-state index in [2.05, 4.69) is 24.8 Å². The average Bonchev–Trinajstić information content (AvgIpc) is 3.09. The van der Waals surface area contributed by atoms with Crippen LogP contribution in [0.1, 0.15) is 40.9 Å². The summed E-state index contributed by atoms with van der Waals surface area (Å²) < 4.78 is 0. The molecule has 3 aromatic carbocycles. The lowest BCUT2D eigenvalue weighted by Gasteiger charge is -2.05. The number of fused-ring (bicyclic) bond motifs is 6. The predicted molar refractivity (Wildman–Crippen MR) is 100 cm³/mol. The lowest BCUT2D eigenvalue weighted by Crippen LogP contribution is -1.95. The van der Waals surface area contributed by atoms with Crippen molar-refractivity contribution in [1.29, 1.82) is 0 Å². The van der Waals surface area contributed by atoms with Crippen molar-refractivity contribution in [2.45, 2.75) is 13.8 Å². The minimum Gasteiger partial charge on any atom is -0.289 e. The van der Waals surface area contributed by atoms with Crippen molar-refractivity contribution in [2.75, 3.05) is 0 Å². The van der Waals surface area contributed by atoms with Gasteiger partial charge in [0.25, 0.3) is 0 Å². The third-order valence-corrected chi connectivity index (χ3v) is 4.73. The van der Waals surface area contributed by atoms with E-state index in [1.165, 1.54) is 16.7 Å². The molecule has 1 nitrogen and oxygen atoms in total. The number of rotatable bonds is 0. The Labute approximate surface area is 142 Å². The summed E-state index contributed by atoms with van der Waals surface area (Å²) >= 11 is 0. The molecule has 3 aromatic rings. The largest absolute Gasteiger partial charge is 0.289 e. The monoisotopic (exact) mass is 310 g/mol. The van der Waals surface area contributed by atoms with Crippen molar-refractivity contribution in [1.82, 2.24) is 0 Å². The summed E-state index contributed by atoms with van der Waals surface area (Å²) in [4.78, 5) is 12.6. The highest BCUT2D eigenvalue weighted by atomic mass is 16.1. The van der Waals surface area contributed by atoms with Crippen LogP contribution in [-0.2, 0) is 0 Å². The molecule has 0 aromatic heterocycles. The Morgan fingerprint density at radius 2 is 1.04 bits per heavy atom. The summed E-state index contributed by atoms with van der Waals surface area (Å²) in [5, 5.41) is 0. The number of benzene rings is 3. The van der Waals surface area contributed by atoms with Crippen LogP contribution >= 0.6 is 0 Å². The van der Waals surface area contributed by atoms with Gasteiger partial charge in [0.1, 0.15) is 0 Å². The normalized spacial score (nSPS) is 12.8. The Hall–Kier alpha value is -2.93. The van der Waals surface area contributed by atoms with E-state index < -0.39 is 0 Å². The molecule has 0 saturated heterocycles. The second kappa shape index (κ2) is 5.31. The van der Waals surface area contributed by atoms with Crippen molar-refractivity contribution in [3.05, 3.63) is 89.5 Å². The van der Waals surface area contributed by atoms with E-state index in [1.54, 1.807) is 0 Å². The van der Waals surface area contributed by atoms with Crippen LogP contribution in [0.2, 0.25) is 0 Å². The smallest absolute Gasteiger partial charge is 0.194 e. The van der Waals surface area contributed by atoms with Crippen molar-refractivity contribution >= 4 is 11.4 Å². The van der Waals surface area contributed by atoms with Gasteiger partial charge in [0, 0.05) is 11.1 Å². The van der Waals surface area contributed by atoms with Crippen LogP contribution in [0.3, 0.4) is 0 Å². The first-order chi connectivity index (χ1) is 11.8. The first kappa shape index (κ1) is 14.6. The topological polar surface area (TPSA) is 17.1 Å². The maximum absolute atomic E-state index is 12.6. The Morgan fingerprint density at radius 1 is 0.583 bits per heavy atom. The lowest BCUT2D eigenvalue weighted by atomic mass is 9.97. The molecule has 1 heteroatoms. The van der Waals surface area contributed by atoms with E-state index in [-0.39, 0.29) is 5.78 Å². The van der Waals surface area contributed by atoms with Gasteiger partial charge in [0.05, 0.1) is 0 Å². The maximum atomic E-state index is 12.6. The number of hydrogen-bond donors (Lipinski definition) is 0. The first-order valence-electron chi connectivity index (χ1n) is 8.37. The van der Waals surface area contributed by atoms with Crippen molar-refractivity contribution < 1.29 is 4.79 Å². The molecule has 0 bridgehead atoms. The fraction of sp³-hybridized carbons (Fsp3) is 0.0870. The Kier molecular flexibility index (Phi) is 3.24. The summed E-state index contributed by atoms with van der Waals surface area (Å²) in [7, 11) is 0. The molecular formula is C23H18O. The second-order valence-corrected chi connectivity index (χ2v) is 5.84. The quantitative estimate of drug-likeness (QED) is 0.344. The number of ketones is 1. The predicted octanol–water partition coefficient (Wildman–Crippen LogP) is 5.97. The zero-order valence-electron chi connectivity index (χ0n) is 13.9. The van der Waals surface area contributed by atoms with E-state index in [9.17, 15) is 4.79 Å². The van der Waals surface area contributed by atoms with E-state index in [0.29, 0.717) is 0 Å². The van der Waals surface area contributed by atoms with E-state index in [1.807, 2.05) is 56.3 Å². The lowest BCUT2D eigenvalue weighted by molar-refractivity contribution is 0.104. The van der Waals surface area contributed by atoms with Gasteiger partial charge in [-0.2, -0.15) is 0 Å². The van der Waals surface area contributed by atoms with Gasteiger partial charge in [-0.25, -0.2) is 0 Å². The van der Waals surface area contributed by atoms with Crippen molar-refractivity contribution in [3.8, 4) is 22.3 Å². The molecule has 116 valence electrons. The number of carbonyl (C=O) groups excluding carboxylic acids is 1. The van der Waals surface area contributed by atoms with Crippen LogP contribution in [0.5, 0.6) is 0 Å². The molecule has 0 fully saturated rings. The summed E-state index contributed by atoms with van der Waals surface area (Å²) in [5.41, 5.74) is 9.35. The average molecular weight is 310 g/mol. The first-order valence-corrected chi connectivity index (χ1v) is 8.37. The molecule has 2 aliphatic rings. The van der Waals surface area contributed by atoms with Gasteiger partial charge in [-0.1, -0.05) is 69.0 Å². The Balaban J connectivity index is 0.000000704. The van der Waals surface area contributed by atoms with Crippen LogP contribution in [0, 0.1) is 0 Å². The van der Waals surface area contributed by atoms with E-state index in [0.717, 1.165) is 33.4 Å². The minimum absolute atomic E-state index is 0.122. The van der Waals surface area contributed by atoms with E-state index in [4.69, 9.17) is 0 Å². The highest BCUT2D eigenvalue weighted by Gasteiger charge is 2.31. The zero-order valence-corrected chi connectivity index (χ0v) is 13.9. The van der Waals surface area contributed by atoms with Gasteiger partial charge < -0.3 is 0 Å². The summed E-state index contributed by atoms with van der Waals surface area (Å²) in [6, 6.07) is 20.3. The fourth-order valence-electron chi connectivity index (χ4n) is 3.67. The molecule has 0 radical (unpaired) electrons. The second-order valence-electron chi connectivity index (χ2n) is 5.84. The molecule has 0 N–H and O–H groups in total. The molecule has 0 unspecified atom stereocenters. The molecule has 0 amide bonds. The fourth-order valence-corrected chi connectivity index (χ4v) is 3.67. The van der Waals surface area contributed by atoms with Gasteiger partial charge >= 0.3 is 0 Å². The van der Waals surface area contributed by atoms with Gasteiger partial charge in [-0.3, -0.25) is 4.79 Å². The van der Waals surface area contributed by atoms with Crippen LogP contribution in [-0.4, -0.2) is 5.78 Å². The molecular weight excluding hydrogens is 292 g/mol. The van der Waals surface area contributed by atoms with Crippen LogP contribution in [0.15, 0.2) is 67.2 Å². The molecule has 0 aliphatic heterocycles. The Bertz CT molecular complexity index is 930. The molecule has 0 atom stereocenters. The van der Waals surface area contributed by atoms with Crippen molar-refractivity contribution in [3.63, 3.8) is 0 Å². The zero-order chi connectivity index (χ0) is 16.8. The summed E-state index contributed by atoms with van der Waals surface area (Å²) in [6.45, 7) is 8.23. The summed E-state index contributed by atoms with van der Waals surface area (Å²) in [6.07, 6.45) is 0. The third-order valence-electron chi connectivity index (χ3n) is 4.73. The number of carbonyl (C=O) groups is 1. The highest BCUT2D eigenvalue weighted by molar-refractivity contribution is 6.23. The molecule has 2 aliphatic carbocycles. The van der Waals surface area contributed by atoms with Crippen molar-refractivity contribution in [2.24, 2.45) is 0 Å². The number of hydrogen-bond acceptors (Lipinski definition) is 1. The molecule has 5 rings (SSSR count). The standard InChI is InChI=1S/C21H12O.C2H6/c1-12-13-6-2-3-7-14(13)18-11-19-15-8-4-5-9-16(15)21(22)20(19)10-17(12)18;1-2/h2-11H,1H2;1-2H3. The SMILES string of the molecule is C=C1c2ccccc2-c2cc3c(cc21)C(=O)c1ccccc1-3.CC. The molecule has 24 heavy (non-hydrogen) atoms. The minimum atomic E-state index is 0.122. The van der Waals surface area contributed by atoms with Crippen LogP contribution in [0.4, 0.5) is 0 Å². The molecule has 0 heterocycles. The van der Waals surface area contributed by atoms with Crippen LogP contribution in [0.25, 0.3) is 27.8 Å². The van der Waals surface area contributed by atoms with E-state index >= 15 is 0 Å². The van der Waals surface area contributed by atoms with Crippen LogP contribution < -0.4 is 0 Å².